The summed E-state index contributed by atoms with van der Waals surface area (Å²) in [6.07, 6.45) is 0. The second-order valence-electron chi connectivity index (χ2n) is 4.20. The van der Waals surface area contributed by atoms with Gasteiger partial charge >= 0.3 is 0 Å². The Morgan fingerprint density at radius 3 is 2.35 bits per heavy atom. The Morgan fingerprint density at radius 2 is 1.70 bits per heavy atom. The zero-order valence-corrected chi connectivity index (χ0v) is 12.6. The first-order valence-electron chi connectivity index (χ1n) is 5.66. The van der Waals surface area contributed by atoms with Crippen molar-refractivity contribution in [3.8, 4) is 0 Å². The van der Waals surface area contributed by atoms with Crippen LogP contribution in [-0.4, -0.2) is 8.42 Å². The summed E-state index contributed by atoms with van der Waals surface area (Å²) in [7, 11) is -3.57. The zero-order chi connectivity index (χ0) is 14.8. The zero-order valence-electron chi connectivity index (χ0n) is 10.3. The summed E-state index contributed by atoms with van der Waals surface area (Å²) < 4.78 is 26.6. The monoisotopic (exact) mass is 330 g/mol. The van der Waals surface area contributed by atoms with Crippen LogP contribution in [0.15, 0.2) is 42.5 Å². The van der Waals surface area contributed by atoms with Gasteiger partial charge in [-0.25, -0.2) is 8.42 Å². The van der Waals surface area contributed by atoms with Crippen LogP contribution in [0.25, 0.3) is 0 Å². The van der Waals surface area contributed by atoms with E-state index in [4.69, 9.17) is 28.9 Å². The van der Waals surface area contributed by atoms with Crippen molar-refractivity contribution in [1.29, 1.82) is 0 Å². The summed E-state index contributed by atoms with van der Waals surface area (Å²) in [5, 5.41) is 0.467. The average molecular weight is 331 g/mol. The van der Waals surface area contributed by atoms with Crippen molar-refractivity contribution in [3.05, 3.63) is 58.1 Å². The van der Waals surface area contributed by atoms with Gasteiger partial charge in [0, 0.05) is 5.69 Å². The highest BCUT2D eigenvalue weighted by Gasteiger charge is 2.14. The SMILES string of the molecule is Nc1ccc(CS(=O)(=O)Nc2cccc(Cl)c2Cl)cc1. The fourth-order valence-electron chi connectivity index (χ4n) is 1.62. The highest BCUT2D eigenvalue weighted by atomic mass is 35.5. The molecule has 0 aliphatic heterocycles. The molecule has 0 saturated heterocycles. The van der Waals surface area contributed by atoms with Gasteiger partial charge in [-0.05, 0) is 29.8 Å². The molecule has 0 aliphatic carbocycles. The number of hydrogen-bond donors (Lipinski definition) is 2. The highest BCUT2D eigenvalue weighted by Crippen LogP contribution is 2.30. The van der Waals surface area contributed by atoms with E-state index in [-0.39, 0.29) is 16.5 Å². The quantitative estimate of drug-likeness (QED) is 0.842. The third-order valence-electron chi connectivity index (χ3n) is 2.55. The molecule has 0 unspecified atom stereocenters. The van der Waals surface area contributed by atoms with Gasteiger partial charge in [-0.15, -0.1) is 0 Å². The lowest BCUT2D eigenvalue weighted by Crippen LogP contribution is -2.15. The third kappa shape index (κ3) is 3.79. The third-order valence-corrected chi connectivity index (χ3v) is 4.62. The van der Waals surface area contributed by atoms with Crippen molar-refractivity contribution in [2.24, 2.45) is 0 Å². The highest BCUT2D eigenvalue weighted by molar-refractivity contribution is 7.91. The molecular weight excluding hydrogens is 319 g/mol. The van der Waals surface area contributed by atoms with Crippen molar-refractivity contribution in [3.63, 3.8) is 0 Å². The molecule has 0 fully saturated rings. The molecule has 2 aromatic carbocycles. The van der Waals surface area contributed by atoms with Crippen LogP contribution in [0.2, 0.25) is 10.0 Å². The number of halogens is 2. The molecule has 0 atom stereocenters. The van der Waals surface area contributed by atoms with E-state index in [2.05, 4.69) is 4.72 Å². The number of anilines is 2. The Balaban J connectivity index is 2.19. The molecule has 0 saturated carbocycles. The summed E-state index contributed by atoms with van der Waals surface area (Å²) in [5.74, 6) is -0.171. The normalized spacial score (nSPS) is 11.3. The average Bonchev–Trinajstić information content (AvgIpc) is 2.37. The maximum absolute atomic E-state index is 12.1. The van der Waals surface area contributed by atoms with Crippen molar-refractivity contribution in [2.75, 3.05) is 10.5 Å². The van der Waals surface area contributed by atoms with E-state index in [9.17, 15) is 8.42 Å². The predicted octanol–water partition coefficient (Wildman–Crippen LogP) is 3.52. The van der Waals surface area contributed by atoms with E-state index in [1.54, 1.807) is 42.5 Å². The Hall–Kier alpha value is -1.43. The maximum atomic E-state index is 12.1. The van der Waals surface area contributed by atoms with Crippen LogP contribution < -0.4 is 10.5 Å². The Bertz CT molecular complexity index is 716. The first kappa shape index (κ1) is 15.0. The fraction of sp³-hybridized carbons (Fsp3) is 0.0769. The molecule has 2 aromatic rings. The van der Waals surface area contributed by atoms with E-state index >= 15 is 0 Å². The van der Waals surface area contributed by atoms with Crippen LogP contribution in [0.4, 0.5) is 11.4 Å². The van der Waals surface area contributed by atoms with Crippen LogP contribution in [-0.2, 0) is 15.8 Å². The molecule has 0 aliphatic rings. The Kier molecular flexibility index (Phi) is 4.42. The first-order valence-corrected chi connectivity index (χ1v) is 8.07. The fourth-order valence-corrected chi connectivity index (χ4v) is 3.23. The molecule has 4 nitrogen and oxygen atoms in total. The minimum atomic E-state index is -3.57. The largest absolute Gasteiger partial charge is 0.399 e. The minimum absolute atomic E-state index is 0.171. The van der Waals surface area contributed by atoms with Crippen molar-refractivity contribution < 1.29 is 8.42 Å². The number of nitrogens with one attached hydrogen (secondary N) is 1. The van der Waals surface area contributed by atoms with Gasteiger partial charge in [0.25, 0.3) is 0 Å². The Labute approximate surface area is 127 Å². The van der Waals surface area contributed by atoms with Gasteiger partial charge in [0.15, 0.2) is 0 Å². The van der Waals surface area contributed by atoms with Crippen LogP contribution >= 0.6 is 23.2 Å². The number of nitrogen functional groups attached to an aromatic ring is 1. The van der Waals surface area contributed by atoms with Crippen molar-refractivity contribution >= 4 is 44.6 Å². The molecule has 20 heavy (non-hydrogen) atoms. The standard InChI is InChI=1S/C13H12Cl2N2O2S/c14-11-2-1-3-12(13(11)15)17-20(18,19)8-9-4-6-10(16)7-5-9/h1-7,17H,8,16H2. The molecule has 2 rings (SSSR count). The predicted molar refractivity (Wildman–Crippen MR) is 83.6 cm³/mol. The molecule has 0 heterocycles. The van der Waals surface area contributed by atoms with Gasteiger partial charge in [0.1, 0.15) is 0 Å². The number of nitrogens with two attached hydrogens (primary N) is 1. The number of rotatable bonds is 4. The number of benzene rings is 2. The lowest BCUT2D eigenvalue weighted by atomic mass is 10.2. The number of hydrogen-bond acceptors (Lipinski definition) is 3. The molecule has 106 valence electrons. The molecule has 3 N–H and O–H groups in total. The number of sulfonamides is 1. The van der Waals surface area contributed by atoms with Gasteiger partial charge in [-0.3, -0.25) is 4.72 Å². The summed E-state index contributed by atoms with van der Waals surface area (Å²) >= 11 is 11.8. The Morgan fingerprint density at radius 1 is 1.05 bits per heavy atom. The van der Waals surface area contributed by atoms with Gasteiger partial charge in [0.05, 0.1) is 21.5 Å². The summed E-state index contributed by atoms with van der Waals surface area (Å²) in [4.78, 5) is 0. The van der Waals surface area contributed by atoms with E-state index in [0.29, 0.717) is 16.3 Å². The second kappa shape index (κ2) is 5.91. The second-order valence-corrected chi connectivity index (χ2v) is 6.71. The maximum Gasteiger partial charge on any atom is 0.236 e. The summed E-state index contributed by atoms with van der Waals surface area (Å²) in [5.41, 5.74) is 7.02. The minimum Gasteiger partial charge on any atom is -0.399 e. The lowest BCUT2D eigenvalue weighted by Gasteiger charge is -2.10. The van der Waals surface area contributed by atoms with E-state index in [1.165, 1.54) is 0 Å². The van der Waals surface area contributed by atoms with Gasteiger partial charge in [-0.2, -0.15) is 0 Å². The molecule has 0 amide bonds. The molecule has 0 aromatic heterocycles. The van der Waals surface area contributed by atoms with Crippen molar-refractivity contribution in [1.82, 2.24) is 0 Å². The topological polar surface area (TPSA) is 72.2 Å². The lowest BCUT2D eigenvalue weighted by molar-refractivity contribution is 0.600. The van der Waals surface area contributed by atoms with Crippen molar-refractivity contribution in [2.45, 2.75) is 5.75 Å². The molecule has 0 bridgehead atoms. The summed E-state index contributed by atoms with van der Waals surface area (Å²) in [6.45, 7) is 0. The van der Waals surface area contributed by atoms with Gasteiger partial charge in [-0.1, -0.05) is 41.4 Å². The van der Waals surface area contributed by atoms with Crippen LogP contribution in [0.3, 0.4) is 0 Å². The van der Waals surface area contributed by atoms with Crippen LogP contribution in [0.5, 0.6) is 0 Å². The van der Waals surface area contributed by atoms with E-state index < -0.39 is 10.0 Å². The first-order chi connectivity index (χ1) is 9.37. The molecule has 0 radical (unpaired) electrons. The molecular formula is C13H12Cl2N2O2S. The van der Waals surface area contributed by atoms with Gasteiger partial charge < -0.3 is 5.73 Å². The molecule has 7 heteroatoms. The van der Waals surface area contributed by atoms with Crippen LogP contribution in [0, 0.1) is 0 Å². The molecule has 0 spiro atoms. The van der Waals surface area contributed by atoms with E-state index in [0.717, 1.165) is 0 Å². The van der Waals surface area contributed by atoms with E-state index in [1.807, 2.05) is 0 Å². The smallest absolute Gasteiger partial charge is 0.236 e. The van der Waals surface area contributed by atoms with Gasteiger partial charge in [0.2, 0.25) is 10.0 Å². The van der Waals surface area contributed by atoms with Crippen LogP contribution in [0.1, 0.15) is 5.56 Å². The summed E-state index contributed by atoms with van der Waals surface area (Å²) in [6, 6.07) is 11.4.